The average molecular weight is 390 g/mol. The van der Waals surface area contributed by atoms with Gasteiger partial charge in [0.1, 0.15) is 16.2 Å². The monoisotopic (exact) mass is 389 g/mol. The van der Waals surface area contributed by atoms with E-state index in [-0.39, 0.29) is 19.8 Å². The van der Waals surface area contributed by atoms with Crippen LogP contribution in [0.3, 0.4) is 0 Å². The number of carbonyl (C=O) groups is 3. The van der Waals surface area contributed by atoms with E-state index in [4.69, 9.17) is 34.0 Å². The number of rotatable bonds is 5. The molecule has 1 fully saturated rings. The summed E-state index contributed by atoms with van der Waals surface area (Å²) in [5, 5.41) is 18.0. The molecule has 0 aromatic heterocycles. The zero-order valence-electron chi connectivity index (χ0n) is 11.7. The first-order valence-corrected chi connectivity index (χ1v) is 7.98. The number of thioether (sulfide) groups is 1. The van der Waals surface area contributed by atoms with Crippen molar-refractivity contribution in [3.63, 3.8) is 0 Å². The highest BCUT2D eigenvalue weighted by molar-refractivity contribution is 8.26. The topological polar surface area (TPSA) is 94.9 Å². The van der Waals surface area contributed by atoms with Crippen molar-refractivity contribution in [2.75, 3.05) is 0 Å². The van der Waals surface area contributed by atoms with E-state index in [1.165, 1.54) is 12.1 Å². The number of nitrogens with zero attached hydrogens (tertiary/aromatic N) is 1. The summed E-state index contributed by atoms with van der Waals surface area (Å²) in [5.74, 6) is -4.36. The summed E-state index contributed by atoms with van der Waals surface area (Å²) in [6, 6.07) is 2.34. The largest absolute Gasteiger partial charge is 0.481 e. The first-order chi connectivity index (χ1) is 11.2. The van der Waals surface area contributed by atoms with Gasteiger partial charge in [-0.2, -0.15) is 0 Å². The van der Waals surface area contributed by atoms with Crippen LogP contribution in [0.4, 0.5) is 4.39 Å². The van der Waals surface area contributed by atoms with Gasteiger partial charge in [0, 0.05) is 5.56 Å². The number of aliphatic carboxylic acids is 2. The Hall–Kier alpha value is -1.97. The lowest BCUT2D eigenvalue weighted by atomic mass is 10.1. The molecule has 1 amide bonds. The number of hydrogen-bond donors (Lipinski definition) is 2. The van der Waals surface area contributed by atoms with Crippen LogP contribution in [0.5, 0.6) is 0 Å². The summed E-state index contributed by atoms with van der Waals surface area (Å²) in [4.78, 5) is 35.1. The van der Waals surface area contributed by atoms with Gasteiger partial charge in [-0.25, -0.2) is 9.18 Å². The zero-order chi connectivity index (χ0) is 18.0. The first kappa shape index (κ1) is 18.4. The normalized spacial score (nSPS) is 17.4. The highest BCUT2D eigenvalue weighted by Gasteiger charge is 2.41. The van der Waals surface area contributed by atoms with Gasteiger partial charge >= 0.3 is 11.9 Å². The Kier molecular flexibility index (Phi) is 5.58. The Bertz CT molecular complexity index is 762. The van der Waals surface area contributed by atoms with Crippen LogP contribution in [-0.2, 0) is 14.4 Å². The molecule has 0 aliphatic carbocycles. The third-order valence-corrected chi connectivity index (χ3v) is 4.72. The second kappa shape index (κ2) is 7.29. The molecule has 1 aliphatic heterocycles. The molecule has 0 saturated carbocycles. The quantitative estimate of drug-likeness (QED) is 0.590. The van der Waals surface area contributed by atoms with E-state index in [1.807, 2.05) is 0 Å². The van der Waals surface area contributed by atoms with Gasteiger partial charge in [-0.15, -0.1) is 0 Å². The Morgan fingerprint density at radius 3 is 2.62 bits per heavy atom. The van der Waals surface area contributed by atoms with E-state index < -0.39 is 36.1 Å². The lowest BCUT2D eigenvalue weighted by molar-refractivity contribution is -0.150. The van der Waals surface area contributed by atoms with Crippen LogP contribution < -0.4 is 0 Å². The molecule has 6 nitrogen and oxygen atoms in total. The van der Waals surface area contributed by atoms with E-state index in [9.17, 15) is 18.8 Å². The highest BCUT2D eigenvalue weighted by Crippen LogP contribution is 2.36. The summed E-state index contributed by atoms with van der Waals surface area (Å²) in [6.45, 7) is 0. The number of carboxylic acids is 2. The molecule has 1 atom stereocenters. The van der Waals surface area contributed by atoms with Crippen LogP contribution >= 0.6 is 35.6 Å². The second-order valence-electron chi connectivity index (χ2n) is 4.64. The van der Waals surface area contributed by atoms with E-state index in [1.54, 1.807) is 0 Å². The van der Waals surface area contributed by atoms with Crippen molar-refractivity contribution in [2.24, 2.45) is 0 Å². The average Bonchev–Trinajstić information content (AvgIpc) is 2.75. The van der Waals surface area contributed by atoms with E-state index >= 15 is 0 Å². The maximum atomic E-state index is 13.8. The minimum atomic E-state index is -1.64. The number of hydrogen-bond acceptors (Lipinski definition) is 5. The fraction of sp³-hybridized carbons (Fsp3) is 0.143. The summed E-state index contributed by atoms with van der Waals surface area (Å²) >= 11 is 11.6. The van der Waals surface area contributed by atoms with Crippen LogP contribution in [0.25, 0.3) is 6.08 Å². The van der Waals surface area contributed by atoms with Gasteiger partial charge in [0.15, 0.2) is 0 Å². The van der Waals surface area contributed by atoms with Crippen molar-refractivity contribution in [1.29, 1.82) is 0 Å². The minimum Gasteiger partial charge on any atom is -0.481 e. The molecule has 1 aromatic rings. The number of halogens is 2. The predicted molar refractivity (Wildman–Crippen MR) is 90.1 cm³/mol. The third-order valence-electron chi connectivity index (χ3n) is 3.06. The van der Waals surface area contributed by atoms with Crippen molar-refractivity contribution in [2.45, 2.75) is 12.5 Å². The summed E-state index contributed by atoms with van der Waals surface area (Å²) in [7, 11) is 0. The maximum absolute atomic E-state index is 13.8. The number of amides is 1. The zero-order valence-corrected chi connectivity index (χ0v) is 14.1. The Labute approximate surface area is 149 Å². The smallest absolute Gasteiger partial charge is 0.327 e. The van der Waals surface area contributed by atoms with Crippen molar-refractivity contribution in [1.82, 2.24) is 4.90 Å². The maximum Gasteiger partial charge on any atom is 0.327 e. The fourth-order valence-corrected chi connectivity index (χ4v) is 3.54. The summed E-state index contributed by atoms with van der Waals surface area (Å²) in [5.41, 5.74) is -0.0372. The fourth-order valence-electron chi connectivity index (χ4n) is 1.98. The van der Waals surface area contributed by atoms with Crippen molar-refractivity contribution < 1.29 is 29.0 Å². The van der Waals surface area contributed by atoms with Crippen molar-refractivity contribution in [3.8, 4) is 0 Å². The van der Waals surface area contributed by atoms with Crippen LogP contribution in [0.2, 0.25) is 5.02 Å². The molecule has 1 aliphatic rings. The molecule has 1 saturated heterocycles. The van der Waals surface area contributed by atoms with Gasteiger partial charge in [0.2, 0.25) is 0 Å². The molecule has 2 rings (SSSR count). The SMILES string of the molecule is O=C(O)C[C@@H](C(=O)O)N1C(=O)/C(=C/c2c(F)cccc2Cl)SC1=S. The molecule has 0 spiro atoms. The Balaban J connectivity index is 2.39. The first-order valence-electron chi connectivity index (χ1n) is 6.38. The van der Waals surface area contributed by atoms with Crippen molar-refractivity contribution >= 4 is 63.8 Å². The molecular formula is C14H9ClFNO5S2. The van der Waals surface area contributed by atoms with Gasteiger partial charge in [-0.1, -0.05) is 41.6 Å². The summed E-state index contributed by atoms with van der Waals surface area (Å²) in [6.07, 6.45) is 0.353. The van der Waals surface area contributed by atoms with Crippen LogP contribution in [0.15, 0.2) is 23.1 Å². The molecule has 2 N–H and O–H groups in total. The summed E-state index contributed by atoms with van der Waals surface area (Å²) < 4.78 is 13.7. The lowest BCUT2D eigenvalue weighted by Crippen LogP contribution is -2.45. The Morgan fingerprint density at radius 1 is 1.42 bits per heavy atom. The molecule has 24 heavy (non-hydrogen) atoms. The molecule has 0 bridgehead atoms. The highest BCUT2D eigenvalue weighted by atomic mass is 35.5. The van der Waals surface area contributed by atoms with Gasteiger partial charge < -0.3 is 10.2 Å². The van der Waals surface area contributed by atoms with Crippen LogP contribution in [0.1, 0.15) is 12.0 Å². The number of benzene rings is 1. The standard InChI is InChI=1S/C14H9ClFNO5S2/c15-7-2-1-3-8(16)6(7)4-10-12(20)17(14(23)24-10)9(13(21)22)5-11(18)19/h1-4,9H,5H2,(H,18,19)(H,21,22)/b10-4-/t9-/m0/s1. The molecule has 1 heterocycles. The molecule has 126 valence electrons. The van der Waals surface area contributed by atoms with Crippen LogP contribution in [-0.4, -0.2) is 43.3 Å². The number of thiocarbonyl (C=S) groups is 1. The second-order valence-corrected chi connectivity index (χ2v) is 6.72. The van der Waals surface area contributed by atoms with Crippen molar-refractivity contribution in [3.05, 3.63) is 39.5 Å². The van der Waals surface area contributed by atoms with E-state index in [2.05, 4.69) is 0 Å². The predicted octanol–water partition coefficient (Wildman–Crippen LogP) is 2.61. The lowest BCUT2D eigenvalue weighted by Gasteiger charge is -2.21. The number of carboxylic acid groups (broad SMARTS) is 2. The van der Waals surface area contributed by atoms with E-state index in [0.717, 1.165) is 23.9 Å². The molecular weight excluding hydrogens is 381 g/mol. The number of carbonyl (C=O) groups excluding carboxylic acids is 1. The molecule has 0 radical (unpaired) electrons. The molecule has 1 aromatic carbocycles. The minimum absolute atomic E-state index is 0.0372. The van der Waals surface area contributed by atoms with E-state index in [0.29, 0.717) is 4.90 Å². The third kappa shape index (κ3) is 3.74. The van der Waals surface area contributed by atoms with Gasteiger partial charge in [0.25, 0.3) is 5.91 Å². The van der Waals surface area contributed by atoms with Crippen LogP contribution in [0, 0.1) is 5.82 Å². The van der Waals surface area contributed by atoms with Gasteiger partial charge in [-0.05, 0) is 18.2 Å². The van der Waals surface area contributed by atoms with Gasteiger partial charge in [-0.3, -0.25) is 14.5 Å². The Morgan fingerprint density at radius 2 is 2.08 bits per heavy atom. The molecule has 0 unspecified atom stereocenters. The molecule has 10 heteroatoms. The van der Waals surface area contributed by atoms with Gasteiger partial charge in [0.05, 0.1) is 16.3 Å².